The maximum Gasteiger partial charge on any atom is 0.0432 e. The van der Waals surface area contributed by atoms with Crippen molar-refractivity contribution in [2.45, 2.75) is 0 Å². The van der Waals surface area contributed by atoms with Crippen molar-refractivity contribution in [1.82, 2.24) is 5.32 Å². The van der Waals surface area contributed by atoms with Gasteiger partial charge in [0.15, 0.2) is 0 Å². The molecule has 0 saturated carbocycles. The van der Waals surface area contributed by atoms with Gasteiger partial charge in [0.1, 0.15) is 0 Å². The zero-order valence-electron chi connectivity index (χ0n) is 6.39. The van der Waals surface area contributed by atoms with E-state index < -0.39 is 0 Å². The van der Waals surface area contributed by atoms with Crippen LogP contribution in [-0.2, 0) is 0 Å². The van der Waals surface area contributed by atoms with Crippen molar-refractivity contribution < 1.29 is 0 Å². The van der Waals surface area contributed by atoms with Gasteiger partial charge in [-0.1, -0.05) is 0 Å². The van der Waals surface area contributed by atoms with Gasteiger partial charge in [-0.3, -0.25) is 0 Å². The van der Waals surface area contributed by atoms with E-state index >= 15 is 0 Å². The van der Waals surface area contributed by atoms with Gasteiger partial charge in [-0.15, -0.1) is 0 Å². The van der Waals surface area contributed by atoms with Crippen LogP contribution in [-0.4, -0.2) is 19.5 Å². The van der Waals surface area contributed by atoms with Crippen LogP contribution in [0.25, 0.3) is 0 Å². The van der Waals surface area contributed by atoms with Crippen molar-refractivity contribution >= 4 is 12.4 Å². The van der Waals surface area contributed by atoms with E-state index in [1.807, 2.05) is 0 Å². The summed E-state index contributed by atoms with van der Waals surface area (Å²) in [6.07, 6.45) is 5.24. The molecular formula is C7H12N4. The second-order valence-corrected chi connectivity index (χ2v) is 1.82. The Morgan fingerprint density at radius 1 is 1.45 bits per heavy atom. The molecule has 0 amide bonds. The summed E-state index contributed by atoms with van der Waals surface area (Å²) >= 11 is 0. The average molecular weight is 152 g/mol. The number of hydrogen-bond donors (Lipinski definition) is 4. The topological polar surface area (TPSA) is 85.8 Å². The minimum atomic E-state index is 0.407. The van der Waals surface area contributed by atoms with Crippen LogP contribution in [0.2, 0.25) is 0 Å². The first-order chi connectivity index (χ1) is 5.26. The van der Waals surface area contributed by atoms with E-state index in [0.717, 1.165) is 12.4 Å². The molecule has 60 valence electrons. The standard InChI is InChI=1S/C7H12N4/c1-11-5-6(4-9)7(10)2-3-8/h2-5,8-9,11H,10H2,1H3/b6-5+,7-2-,8-3?,9-4?. The molecule has 4 nitrogen and oxygen atoms in total. The molecule has 0 aromatic rings. The Morgan fingerprint density at radius 3 is 2.45 bits per heavy atom. The third-order valence-corrected chi connectivity index (χ3v) is 1.05. The molecule has 0 unspecified atom stereocenters. The van der Waals surface area contributed by atoms with Crippen molar-refractivity contribution in [3.8, 4) is 0 Å². The highest BCUT2D eigenvalue weighted by Crippen LogP contribution is 1.96. The lowest BCUT2D eigenvalue weighted by Crippen LogP contribution is -2.06. The van der Waals surface area contributed by atoms with Gasteiger partial charge in [0.25, 0.3) is 0 Å². The third kappa shape index (κ3) is 3.20. The molecule has 0 saturated heterocycles. The molecule has 0 heterocycles. The van der Waals surface area contributed by atoms with Gasteiger partial charge < -0.3 is 21.9 Å². The highest BCUT2D eigenvalue weighted by Gasteiger charge is 1.93. The lowest BCUT2D eigenvalue weighted by Gasteiger charge is -1.98. The molecule has 0 radical (unpaired) electrons. The summed E-state index contributed by atoms with van der Waals surface area (Å²) in [7, 11) is 1.72. The summed E-state index contributed by atoms with van der Waals surface area (Å²) in [6.45, 7) is 0. The van der Waals surface area contributed by atoms with Crippen LogP contribution in [0, 0.1) is 10.8 Å². The van der Waals surface area contributed by atoms with Crippen molar-refractivity contribution in [2.75, 3.05) is 7.05 Å². The Kier molecular flexibility index (Phi) is 4.47. The first-order valence-electron chi connectivity index (χ1n) is 3.10. The van der Waals surface area contributed by atoms with E-state index in [2.05, 4.69) is 5.32 Å². The SMILES string of the molecule is CN/C=C(C=N)/C(N)=C/C=N. The molecule has 0 bridgehead atoms. The van der Waals surface area contributed by atoms with Gasteiger partial charge >= 0.3 is 0 Å². The smallest absolute Gasteiger partial charge is 0.0432 e. The van der Waals surface area contributed by atoms with E-state index in [1.54, 1.807) is 13.2 Å². The fourth-order valence-corrected chi connectivity index (χ4v) is 0.550. The minimum Gasteiger partial charge on any atom is -0.398 e. The lowest BCUT2D eigenvalue weighted by atomic mass is 10.2. The zero-order valence-corrected chi connectivity index (χ0v) is 6.39. The number of rotatable bonds is 4. The van der Waals surface area contributed by atoms with Gasteiger partial charge in [-0.05, 0) is 6.08 Å². The summed E-state index contributed by atoms with van der Waals surface area (Å²) in [5.74, 6) is 0. The number of hydrogen-bond acceptors (Lipinski definition) is 4. The molecule has 0 aromatic carbocycles. The average Bonchev–Trinajstić information content (AvgIpc) is 2.00. The van der Waals surface area contributed by atoms with Crippen LogP contribution in [0.1, 0.15) is 0 Å². The number of allylic oxidation sites excluding steroid dienone is 2. The van der Waals surface area contributed by atoms with Crippen molar-refractivity contribution in [1.29, 1.82) is 10.8 Å². The highest BCUT2D eigenvalue weighted by molar-refractivity contribution is 5.84. The Morgan fingerprint density at radius 2 is 2.09 bits per heavy atom. The molecular weight excluding hydrogens is 140 g/mol. The minimum absolute atomic E-state index is 0.407. The summed E-state index contributed by atoms with van der Waals surface area (Å²) in [5, 5.41) is 16.4. The highest BCUT2D eigenvalue weighted by atomic mass is 14.8. The van der Waals surface area contributed by atoms with Crippen LogP contribution < -0.4 is 11.1 Å². The largest absolute Gasteiger partial charge is 0.398 e. The molecule has 0 atom stereocenters. The van der Waals surface area contributed by atoms with Crippen LogP contribution >= 0.6 is 0 Å². The molecule has 5 N–H and O–H groups in total. The third-order valence-electron chi connectivity index (χ3n) is 1.05. The van der Waals surface area contributed by atoms with E-state index in [1.165, 1.54) is 6.08 Å². The van der Waals surface area contributed by atoms with E-state index in [0.29, 0.717) is 11.3 Å². The molecule has 0 fully saturated rings. The first-order valence-corrected chi connectivity index (χ1v) is 3.10. The Labute approximate surface area is 65.8 Å². The second-order valence-electron chi connectivity index (χ2n) is 1.82. The molecule has 0 rings (SSSR count). The van der Waals surface area contributed by atoms with E-state index in [-0.39, 0.29) is 0 Å². The fourth-order valence-electron chi connectivity index (χ4n) is 0.550. The second kappa shape index (κ2) is 5.22. The molecule has 4 heteroatoms. The first kappa shape index (κ1) is 9.42. The van der Waals surface area contributed by atoms with Gasteiger partial charge in [0, 0.05) is 36.9 Å². The van der Waals surface area contributed by atoms with Gasteiger partial charge in [0.2, 0.25) is 0 Å². The van der Waals surface area contributed by atoms with Gasteiger partial charge in [-0.2, -0.15) is 0 Å². The molecule has 0 aliphatic carbocycles. The van der Waals surface area contributed by atoms with Gasteiger partial charge in [0.05, 0.1) is 0 Å². The van der Waals surface area contributed by atoms with Crippen LogP contribution in [0.3, 0.4) is 0 Å². The Balaban J connectivity index is 4.50. The van der Waals surface area contributed by atoms with Crippen molar-refractivity contribution in [2.24, 2.45) is 5.73 Å². The molecule has 0 aliphatic rings. The van der Waals surface area contributed by atoms with Crippen molar-refractivity contribution in [3.63, 3.8) is 0 Å². The van der Waals surface area contributed by atoms with Crippen molar-refractivity contribution in [3.05, 3.63) is 23.5 Å². The van der Waals surface area contributed by atoms with Crippen LogP contribution in [0.4, 0.5) is 0 Å². The summed E-state index contributed by atoms with van der Waals surface area (Å²) in [4.78, 5) is 0. The summed E-state index contributed by atoms with van der Waals surface area (Å²) in [5.41, 5.74) is 6.45. The number of nitrogens with one attached hydrogen (secondary N) is 3. The van der Waals surface area contributed by atoms with Crippen LogP contribution in [0.5, 0.6) is 0 Å². The molecule has 0 aromatic heterocycles. The quantitative estimate of drug-likeness (QED) is 0.343. The Bertz CT molecular complexity index is 202. The molecule has 0 spiro atoms. The zero-order chi connectivity index (χ0) is 8.69. The maximum atomic E-state index is 6.94. The number of nitrogens with two attached hydrogens (primary N) is 1. The molecule has 11 heavy (non-hydrogen) atoms. The van der Waals surface area contributed by atoms with Crippen LogP contribution in [0.15, 0.2) is 23.5 Å². The normalized spacial score (nSPS) is 12.5. The predicted octanol–water partition coefficient (Wildman–Crippen LogP) is 0.231. The lowest BCUT2D eigenvalue weighted by molar-refractivity contribution is 1.09. The summed E-state index contributed by atoms with van der Waals surface area (Å²) < 4.78 is 0. The van der Waals surface area contributed by atoms with E-state index in [4.69, 9.17) is 16.6 Å². The predicted molar refractivity (Wildman–Crippen MR) is 47.0 cm³/mol. The van der Waals surface area contributed by atoms with Gasteiger partial charge in [-0.25, -0.2) is 0 Å². The Hall–Kier alpha value is -1.58. The molecule has 0 aliphatic heterocycles. The fraction of sp³-hybridized carbons (Fsp3) is 0.143. The monoisotopic (exact) mass is 152 g/mol. The maximum absolute atomic E-state index is 6.94. The summed E-state index contributed by atoms with van der Waals surface area (Å²) in [6, 6.07) is 0. The van der Waals surface area contributed by atoms with E-state index in [9.17, 15) is 0 Å².